The van der Waals surface area contributed by atoms with Crippen molar-refractivity contribution in [1.82, 2.24) is 0 Å². The second-order valence-corrected chi connectivity index (χ2v) is 5.71. The number of carbonyl (C=O) groups is 1. The second-order valence-electron chi connectivity index (χ2n) is 5.71. The van der Waals surface area contributed by atoms with Gasteiger partial charge in [-0.3, -0.25) is 0 Å². The molecule has 3 nitrogen and oxygen atoms in total. The van der Waals surface area contributed by atoms with Crippen LogP contribution in [-0.2, 0) is 9.53 Å². The molecule has 0 aromatic heterocycles. The van der Waals surface area contributed by atoms with Crippen LogP contribution in [0.5, 0.6) is 0 Å². The highest BCUT2D eigenvalue weighted by atomic mass is 16.5. The number of carbonyl (C=O) groups excluding carboxylic acids is 1. The first kappa shape index (κ1) is 14.9. The zero-order chi connectivity index (χ0) is 14.4. The predicted molar refractivity (Wildman–Crippen MR) is 81.9 cm³/mol. The van der Waals surface area contributed by atoms with Crippen molar-refractivity contribution in [2.75, 3.05) is 11.9 Å². The maximum Gasteiger partial charge on any atom is 0.331 e. The van der Waals surface area contributed by atoms with Gasteiger partial charge in [0.2, 0.25) is 0 Å². The minimum absolute atomic E-state index is 0.0941. The molecule has 0 bridgehead atoms. The van der Waals surface area contributed by atoms with Crippen molar-refractivity contribution in [2.45, 2.75) is 57.9 Å². The number of esters is 1. The lowest BCUT2D eigenvalue weighted by Gasteiger charge is -2.32. The number of rotatable bonds is 4. The highest BCUT2D eigenvalue weighted by Gasteiger charge is 2.39. The zero-order valence-corrected chi connectivity index (χ0v) is 12.6. The van der Waals surface area contributed by atoms with Crippen LogP contribution in [0, 0.1) is 6.92 Å². The van der Waals surface area contributed by atoms with Gasteiger partial charge in [0.25, 0.3) is 0 Å². The van der Waals surface area contributed by atoms with Crippen molar-refractivity contribution in [2.24, 2.45) is 0 Å². The van der Waals surface area contributed by atoms with Crippen LogP contribution in [-0.4, -0.2) is 18.1 Å². The topological polar surface area (TPSA) is 38.3 Å². The Labute approximate surface area is 121 Å². The molecule has 0 saturated heterocycles. The molecule has 0 atom stereocenters. The van der Waals surface area contributed by atoms with Gasteiger partial charge in [-0.2, -0.15) is 0 Å². The van der Waals surface area contributed by atoms with E-state index in [2.05, 4.69) is 24.4 Å². The fourth-order valence-corrected chi connectivity index (χ4v) is 2.98. The summed E-state index contributed by atoms with van der Waals surface area (Å²) in [6, 6.07) is 8.20. The SMILES string of the molecule is CCOC(=O)C1(Nc2cccc(C)c2)CCCCCC1. The van der Waals surface area contributed by atoms with Gasteiger partial charge >= 0.3 is 5.97 Å². The van der Waals surface area contributed by atoms with Crippen LogP contribution < -0.4 is 5.32 Å². The lowest BCUT2D eigenvalue weighted by atomic mass is 9.89. The van der Waals surface area contributed by atoms with Gasteiger partial charge in [-0.1, -0.05) is 37.8 Å². The number of aryl methyl sites for hydroxylation is 1. The average molecular weight is 275 g/mol. The van der Waals surface area contributed by atoms with E-state index in [0.717, 1.165) is 31.4 Å². The van der Waals surface area contributed by atoms with Crippen LogP contribution in [0.3, 0.4) is 0 Å². The van der Waals surface area contributed by atoms with E-state index in [1.165, 1.54) is 18.4 Å². The Hall–Kier alpha value is -1.51. The molecule has 1 saturated carbocycles. The molecule has 1 aliphatic rings. The van der Waals surface area contributed by atoms with E-state index >= 15 is 0 Å². The first-order valence-corrected chi connectivity index (χ1v) is 7.68. The van der Waals surface area contributed by atoms with Crippen LogP contribution in [0.1, 0.15) is 51.0 Å². The molecule has 0 heterocycles. The van der Waals surface area contributed by atoms with Gasteiger partial charge in [-0.15, -0.1) is 0 Å². The van der Waals surface area contributed by atoms with Crippen molar-refractivity contribution in [3.8, 4) is 0 Å². The molecule has 0 spiro atoms. The smallest absolute Gasteiger partial charge is 0.331 e. The maximum atomic E-state index is 12.5. The summed E-state index contributed by atoms with van der Waals surface area (Å²) in [4.78, 5) is 12.5. The Balaban J connectivity index is 2.23. The van der Waals surface area contributed by atoms with E-state index in [1.54, 1.807) is 0 Å². The molecule has 1 aliphatic carbocycles. The van der Waals surface area contributed by atoms with Crippen molar-refractivity contribution >= 4 is 11.7 Å². The van der Waals surface area contributed by atoms with Crippen LogP contribution in [0.15, 0.2) is 24.3 Å². The standard InChI is InChI=1S/C17H25NO2/c1-3-20-16(19)17(11-6-4-5-7-12-17)18-15-10-8-9-14(2)13-15/h8-10,13,18H,3-7,11-12H2,1-2H3. The third-order valence-corrected chi connectivity index (χ3v) is 4.02. The Morgan fingerprint density at radius 1 is 1.25 bits per heavy atom. The maximum absolute atomic E-state index is 12.5. The molecular formula is C17H25NO2. The van der Waals surface area contributed by atoms with Crippen molar-refractivity contribution in [3.05, 3.63) is 29.8 Å². The second kappa shape index (κ2) is 6.78. The lowest BCUT2D eigenvalue weighted by molar-refractivity contribution is -0.149. The molecule has 0 unspecified atom stereocenters. The van der Waals surface area contributed by atoms with E-state index in [1.807, 2.05) is 19.1 Å². The first-order chi connectivity index (χ1) is 9.66. The molecule has 20 heavy (non-hydrogen) atoms. The average Bonchev–Trinajstić information content (AvgIpc) is 2.66. The third-order valence-electron chi connectivity index (χ3n) is 4.02. The zero-order valence-electron chi connectivity index (χ0n) is 12.6. The highest BCUT2D eigenvalue weighted by molar-refractivity contribution is 5.84. The summed E-state index contributed by atoms with van der Waals surface area (Å²) in [7, 11) is 0. The van der Waals surface area contributed by atoms with E-state index in [0.29, 0.717) is 6.61 Å². The molecule has 0 radical (unpaired) electrons. The molecule has 1 aromatic rings. The summed E-state index contributed by atoms with van der Waals surface area (Å²) < 4.78 is 5.34. The number of nitrogens with one attached hydrogen (secondary N) is 1. The van der Waals surface area contributed by atoms with Gasteiger partial charge in [0.15, 0.2) is 0 Å². The van der Waals surface area contributed by atoms with E-state index in [-0.39, 0.29) is 5.97 Å². The molecule has 1 fully saturated rings. The highest BCUT2D eigenvalue weighted by Crippen LogP contribution is 2.32. The summed E-state index contributed by atoms with van der Waals surface area (Å²) >= 11 is 0. The van der Waals surface area contributed by atoms with E-state index < -0.39 is 5.54 Å². The molecule has 0 aliphatic heterocycles. The fourth-order valence-electron chi connectivity index (χ4n) is 2.98. The number of hydrogen-bond acceptors (Lipinski definition) is 3. The minimum atomic E-state index is -0.541. The van der Waals surface area contributed by atoms with Crippen molar-refractivity contribution in [1.29, 1.82) is 0 Å². The summed E-state index contributed by atoms with van der Waals surface area (Å²) in [6.45, 7) is 4.38. The Kier molecular flexibility index (Phi) is 5.05. The van der Waals surface area contributed by atoms with Crippen LogP contribution in [0.25, 0.3) is 0 Å². The normalized spacial score (nSPS) is 18.1. The number of ether oxygens (including phenoxy) is 1. The van der Waals surface area contributed by atoms with Crippen LogP contribution in [0.4, 0.5) is 5.69 Å². The Morgan fingerprint density at radius 2 is 1.95 bits per heavy atom. The van der Waals surface area contributed by atoms with Gasteiger partial charge < -0.3 is 10.1 Å². The molecule has 2 rings (SSSR count). The molecule has 0 amide bonds. The predicted octanol–water partition coefficient (Wildman–Crippen LogP) is 4.06. The Morgan fingerprint density at radius 3 is 2.55 bits per heavy atom. The van der Waals surface area contributed by atoms with Crippen LogP contribution in [0.2, 0.25) is 0 Å². The van der Waals surface area contributed by atoms with Gasteiger partial charge in [-0.25, -0.2) is 4.79 Å². The summed E-state index contributed by atoms with van der Waals surface area (Å²) in [6.07, 6.45) is 6.29. The monoisotopic (exact) mass is 275 g/mol. The first-order valence-electron chi connectivity index (χ1n) is 7.68. The molecule has 3 heteroatoms. The van der Waals surface area contributed by atoms with Crippen molar-refractivity contribution in [3.63, 3.8) is 0 Å². The minimum Gasteiger partial charge on any atom is -0.464 e. The molecular weight excluding hydrogens is 250 g/mol. The quantitative estimate of drug-likeness (QED) is 0.665. The van der Waals surface area contributed by atoms with E-state index in [9.17, 15) is 4.79 Å². The Bertz CT molecular complexity index is 448. The van der Waals surface area contributed by atoms with Gasteiger partial charge in [-0.05, 0) is 44.4 Å². The molecule has 110 valence electrons. The fraction of sp³-hybridized carbons (Fsp3) is 0.588. The summed E-state index contributed by atoms with van der Waals surface area (Å²) in [5, 5.41) is 3.49. The summed E-state index contributed by atoms with van der Waals surface area (Å²) in [5.74, 6) is -0.0941. The van der Waals surface area contributed by atoms with Gasteiger partial charge in [0.05, 0.1) is 6.61 Å². The van der Waals surface area contributed by atoms with E-state index in [4.69, 9.17) is 4.74 Å². The lowest BCUT2D eigenvalue weighted by Crippen LogP contribution is -2.47. The van der Waals surface area contributed by atoms with Crippen LogP contribution >= 0.6 is 0 Å². The third kappa shape index (κ3) is 3.53. The van der Waals surface area contributed by atoms with Gasteiger partial charge in [0.1, 0.15) is 5.54 Å². The number of benzene rings is 1. The molecule has 1 aromatic carbocycles. The van der Waals surface area contributed by atoms with Gasteiger partial charge in [0, 0.05) is 5.69 Å². The largest absolute Gasteiger partial charge is 0.464 e. The number of hydrogen-bond donors (Lipinski definition) is 1. The number of anilines is 1. The molecule has 1 N–H and O–H groups in total. The van der Waals surface area contributed by atoms with Crippen molar-refractivity contribution < 1.29 is 9.53 Å². The summed E-state index contributed by atoms with van der Waals surface area (Å²) in [5.41, 5.74) is 1.67.